The summed E-state index contributed by atoms with van der Waals surface area (Å²) >= 11 is 0. The summed E-state index contributed by atoms with van der Waals surface area (Å²) < 4.78 is 5.28. The Hall–Kier alpha value is -2.17. The number of aryl methyl sites for hydroxylation is 2. The molecule has 0 saturated heterocycles. The Balaban J connectivity index is 2.62. The second kappa shape index (κ2) is 4.37. The first-order valence-electron chi connectivity index (χ1n) is 5.23. The average molecular weight is 230 g/mol. The lowest BCUT2D eigenvalue weighted by atomic mass is 10.1. The summed E-state index contributed by atoms with van der Waals surface area (Å²) in [6, 6.07) is 5.38. The fourth-order valence-corrected chi connectivity index (χ4v) is 1.64. The van der Waals surface area contributed by atoms with Gasteiger partial charge < -0.3 is 10.5 Å². The van der Waals surface area contributed by atoms with Gasteiger partial charge in [-0.15, -0.1) is 0 Å². The molecule has 1 aromatic carbocycles. The molecule has 5 heteroatoms. The number of rotatable bonds is 2. The second-order valence-electron chi connectivity index (χ2n) is 3.71. The van der Waals surface area contributed by atoms with Crippen LogP contribution in [0.3, 0.4) is 0 Å². The largest absolute Gasteiger partial charge is 0.496 e. The van der Waals surface area contributed by atoms with E-state index in [1.807, 2.05) is 13.8 Å². The van der Waals surface area contributed by atoms with Crippen LogP contribution in [0.25, 0.3) is 11.4 Å². The molecule has 2 N–H and O–H groups in total. The lowest BCUT2D eigenvalue weighted by molar-refractivity contribution is 0.416. The molecule has 0 aliphatic heterocycles. The Labute approximate surface area is 99.7 Å². The zero-order chi connectivity index (χ0) is 12.4. The van der Waals surface area contributed by atoms with E-state index in [4.69, 9.17) is 10.5 Å². The van der Waals surface area contributed by atoms with Crippen LogP contribution in [0.5, 0.6) is 5.75 Å². The molecule has 0 atom stereocenters. The maximum Gasteiger partial charge on any atom is 0.167 e. The molecular weight excluding hydrogens is 216 g/mol. The Morgan fingerprint density at radius 2 is 1.71 bits per heavy atom. The minimum absolute atomic E-state index is 0.583. The number of nitrogen functional groups attached to an aromatic ring is 1. The third-order valence-corrected chi connectivity index (χ3v) is 2.32. The number of hydrogen-bond acceptors (Lipinski definition) is 5. The van der Waals surface area contributed by atoms with Crippen LogP contribution in [0.15, 0.2) is 18.2 Å². The summed E-state index contributed by atoms with van der Waals surface area (Å²) in [5.74, 6) is 2.64. The Bertz CT molecular complexity index is 534. The molecule has 0 unspecified atom stereocenters. The van der Waals surface area contributed by atoms with Crippen LogP contribution in [0.2, 0.25) is 0 Å². The highest BCUT2D eigenvalue weighted by molar-refractivity contribution is 5.68. The highest BCUT2D eigenvalue weighted by atomic mass is 16.5. The predicted octanol–water partition coefficient (Wildman–Crippen LogP) is 1.75. The third-order valence-electron chi connectivity index (χ3n) is 2.32. The van der Waals surface area contributed by atoms with E-state index in [1.165, 1.54) is 0 Å². The summed E-state index contributed by atoms with van der Waals surface area (Å²) in [6.07, 6.45) is 0. The number of benzene rings is 1. The maximum absolute atomic E-state index is 5.77. The minimum Gasteiger partial charge on any atom is -0.496 e. The number of aromatic nitrogens is 3. The zero-order valence-electron chi connectivity index (χ0n) is 10.1. The van der Waals surface area contributed by atoms with Gasteiger partial charge in [0.2, 0.25) is 0 Å². The van der Waals surface area contributed by atoms with Gasteiger partial charge in [-0.3, -0.25) is 0 Å². The van der Waals surface area contributed by atoms with E-state index < -0.39 is 0 Å². The van der Waals surface area contributed by atoms with Crippen LogP contribution in [0.4, 0.5) is 5.69 Å². The quantitative estimate of drug-likeness (QED) is 0.795. The maximum atomic E-state index is 5.77. The van der Waals surface area contributed by atoms with E-state index >= 15 is 0 Å². The van der Waals surface area contributed by atoms with E-state index in [-0.39, 0.29) is 0 Å². The van der Waals surface area contributed by atoms with Crippen molar-refractivity contribution < 1.29 is 4.74 Å². The monoisotopic (exact) mass is 230 g/mol. The minimum atomic E-state index is 0.583. The Morgan fingerprint density at radius 1 is 1.06 bits per heavy atom. The highest BCUT2D eigenvalue weighted by Crippen LogP contribution is 2.29. The molecule has 1 heterocycles. The van der Waals surface area contributed by atoms with Crippen LogP contribution in [0, 0.1) is 13.8 Å². The van der Waals surface area contributed by atoms with E-state index in [0.717, 1.165) is 5.56 Å². The van der Waals surface area contributed by atoms with Gasteiger partial charge in [0.15, 0.2) is 5.82 Å². The van der Waals surface area contributed by atoms with Crippen molar-refractivity contribution in [1.29, 1.82) is 0 Å². The number of ether oxygens (including phenoxy) is 1. The van der Waals surface area contributed by atoms with Gasteiger partial charge in [0.05, 0.1) is 12.7 Å². The number of methoxy groups -OCH3 is 1. The van der Waals surface area contributed by atoms with Gasteiger partial charge in [-0.2, -0.15) is 0 Å². The first kappa shape index (κ1) is 11.3. The van der Waals surface area contributed by atoms with E-state index in [1.54, 1.807) is 25.3 Å². The topological polar surface area (TPSA) is 73.9 Å². The van der Waals surface area contributed by atoms with Crippen LogP contribution < -0.4 is 10.5 Å². The number of anilines is 1. The van der Waals surface area contributed by atoms with Crippen molar-refractivity contribution >= 4 is 5.69 Å². The molecule has 0 bridgehead atoms. The zero-order valence-corrected chi connectivity index (χ0v) is 10.1. The molecule has 5 nitrogen and oxygen atoms in total. The van der Waals surface area contributed by atoms with Crippen molar-refractivity contribution in [3.8, 4) is 17.1 Å². The number of nitrogens with two attached hydrogens (primary N) is 1. The smallest absolute Gasteiger partial charge is 0.167 e. The molecule has 0 fully saturated rings. The van der Waals surface area contributed by atoms with Crippen LogP contribution in [-0.2, 0) is 0 Å². The lowest BCUT2D eigenvalue weighted by Crippen LogP contribution is -2.00. The summed E-state index contributed by atoms with van der Waals surface area (Å²) in [6.45, 7) is 3.66. The molecule has 0 aliphatic rings. The summed E-state index contributed by atoms with van der Waals surface area (Å²) in [4.78, 5) is 12.7. The van der Waals surface area contributed by atoms with Gasteiger partial charge in [0, 0.05) is 5.69 Å². The molecule has 88 valence electrons. The van der Waals surface area contributed by atoms with Crippen molar-refractivity contribution in [2.24, 2.45) is 0 Å². The van der Waals surface area contributed by atoms with Crippen molar-refractivity contribution in [2.45, 2.75) is 13.8 Å². The lowest BCUT2D eigenvalue weighted by Gasteiger charge is -2.08. The van der Waals surface area contributed by atoms with Crippen molar-refractivity contribution in [1.82, 2.24) is 15.0 Å². The van der Waals surface area contributed by atoms with Crippen molar-refractivity contribution in [3.63, 3.8) is 0 Å². The summed E-state index contributed by atoms with van der Waals surface area (Å²) in [7, 11) is 1.61. The predicted molar refractivity (Wildman–Crippen MR) is 65.7 cm³/mol. The fourth-order valence-electron chi connectivity index (χ4n) is 1.64. The van der Waals surface area contributed by atoms with Crippen LogP contribution in [0.1, 0.15) is 11.6 Å². The van der Waals surface area contributed by atoms with Gasteiger partial charge in [0.1, 0.15) is 17.4 Å². The molecule has 0 spiro atoms. The number of hydrogen-bond donors (Lipinski definition) is 1. The van der Waals surface area contributed by atoms with Gasteiger partial charge >= 0.3 is 0 Å². The normalized spacial score (nSPS) is 10.3. The molecule has 0 amide bonds. The molecule has 0 saturated carbocycles. The Morgan fingerprint density at radius 3 is 2.29 bits per heavy atom. The first-order valence-corrected chi connectivity index (χ1v) is 5.23. The molecular formula is C12H14N4O. The van der Waals surface area contributed by atoms with Gasteiger partial charge in [-0.1, -0.05) is 0 Å². The van der Waals surface area contributed by atoms with Crippen LogP contribution in [-0.4, -0.2) is 22.1 Å². The number of nitrogens with zero attached hydrogens (tertiary/aromatic N) is 3. The molecule has 1 aromatic heterocycles. The van der Waals surface area contributed by atoms with E-state index in [2.05, 4.69) is 15.0 Å². The third kappa shape index (κ3) is 2.33. The SMILES string of the molecule is COc1ccc(N)cc1-c1nc(C)nc(C)n1. The highest BCUT2D eigenvalue weighted by Gasteiger charge is 2.10. The Kier molecular flexibility index (Phi) is 2.91. The summed E-state index contributed by atoms with van der Waals surface area (Å²) in [5, 5.41) is 0. The van der Waals surface area contributed by atoms with Gasteiger partial charge in [0.25, 0.3) is 0 Å². The van der Waals surface area contributed by atoms with Gasteiger partial charge in [-0.05, 0) is 32.0 Å². The molecule has 2 aromatic rings. The molecule has 2 rings (SSSR count). The molecule has 0 radical (unpaired) electrons. The van der Waals surface area contributed by atoms with E-state index in [0.29, 0.717) is 28.9 Å². The molecule has 0 aliphatic carbocycles. The molecule has 17 heavy (non-hydrogen) atoms. The first-order chi connectivity index (χ1) is 8.10. The van der Waals surface area contributed by atoms with Gasteiger partial charge in [-0.25, -0.2) is 15.0 Å². The van der Waals surface area contributed by atoms with Crippen molar-refractivity contribution in [2.75, 3.05) is 12.8 Å². The van der Waals surface area contributed by atoms with Crippen molar-refractivity contribution in [3.05, 3.63) is 29.8 Å². The average Bonchev–Trinajstić information content (AvgIpc) is 2.27. The standard InChI is InChI=1S/C12H14N4O/c1-7-14-8(2)16-12(15-7)10-6-9(13)4-5-11(10)17-3/h4-6H,13H2,1-3H3. The fraction of sp³-hybridized carbons (Fsp3) is 0.250. The van der Waals surface area contributed by atoms with Crippen LogP contribution >= 0.6 is 0 Å². The summed E-state index contributed by atoms with van der Waals surface area (Å²) in [5.41, 5.74) is 7.20. The second-order valence-corrected chi connectivity index (χ2v) is 3.71. The van der Waals surface area contributed by atoms with E-state index in [9.17, 15) is 0 Å².